The molecule has 0 saturated heterocycles. The summed E-state index contributed by atoms with van der Waals surface area (Å²) in [5.74, 6) is -0.296. The zero-order valence-corrected chi connectivity index (χ0v) is 24.0. The number of benzene rings is 3. The average Bonchev–Trinajstić information content (AvgIpc) is 3.61. The minimum absolute atomic E-state index is 0.238. The molecule has 4 aromatic rings. The van der Waals surface area contributed by atoms with Crippen molar-refractivity contribution in [3.63, 3.8) is 0 Å². The van der Waals surface area contributed by atoms with Crippen molar-refractivity contribution in [3.8, 4) is 17.2 Å². The van der Waals surface area contributed by atoms with E-state index in [-0.39, 0.29) is 23.3 Å². The molecule has 1 aliphatic rings. The van der Waals surface area contributed by atoms with Crippen LogP contribution in [0.2, 0.25) is 5.02 Å². The topological polar surface area (TPSA) is 88.0 Å². The Kier molecular flexibility index (Phi) is 8.45. The van der Waals surface area contributed by atoms with Crippen LogP contribution in [0.5, 0.6) is 17.2 Å². The average molecular weight is 617 g/mol. The standard InChI is InChI=1S/C31H28ClF3N2O6/c1-40-24-13-22(14-25(15-24)42-18-30(10-11-30)17-27(38)41-2)36-28(20-3-6-21(32)7-4-20)29(39)37-12-9-19-5-8-23(16-26(19)37)43-31(33,34)35/h3-9,12-16,28,36H,10-11,17-18H2,1-2H3. The number of ether oxygens (including phenoxy) is 4. The number of halogens is 4. The van der Waals surface area contributed by atoms with Gasteiger partial charge in [-0.3, -0.25) is 14.2 Å². The minimum atomic E-state index is -4.88. The van der Waals surface area contributed by atoms with E-state index >= 15 is 0 Å². The number of aromatic nitrogens is 1. The van der Waals surface area contributed by atoms with Gasteiger partial charge in [-0.15, -0.1) is 13.2 Å². The molecular weight excluding hydrogens is 589 g/mol. The van der Waals surface area contributed by atoms with Gasteiger partial charge in [0.05, 0.1) is 32.8 Å². The summed E-state index contributed by atoms with van der Waals surface area (Å²) < 4.78 is 60.3. The van der Waals surface area contributed by atoms with Gasteiger partial charge in [0, 0.05) is 52.0 Å². The van der Waals surface area contributed by atoms with Crippen LogP contribution in [-0.4, -0.2) is 43.6 Å². The maximum atomic E-state index is 14.0. The van der Waals surface area contributed by atoms with Gasteiger partial charge in [-0.1, -0.05) is 23.7 Å². The number of carbonyl (C=O) groups excluding carboxylic acids is 2. The molecule has 12 heteroatoms. The van der Waals surface area contributed by atoms with E-state index in [1.807, 2.05) is 0 Å². The van der Waals surface area contributed by atoms with Crippen LogP contribution in [0.1, 0.15) is 35.7 Å². The molecule has 1 aromatic heterocycles. The van der Waals surface area contributed by atoms with Crippen LogP contribution in [-0.2, 0) is 9.53 Å². The quantitative estimate of drug-likeness (QED) is 0.176. The number of hydrogen-bond acceptors (Lipinski definition) is 7. The van der Waals surface area contributed by atoms with Crippen molar-refractivity contribution in [3.05, 3.63) is 83.5 Å². The normalized spacial score (nSPS) is 14.6. The second-order valence-electron chi connectivity index (χ2n) is 10.4. The first-order chi connectivity index (χ1) is 20.5. The van der Waals surface area contributed by atoms with Gasteiger partial charge in [-0.05, 0) is 48.7 Å². The lowest BCUT2D eigenvalue weighted by Gasteiger charge is -2.22. The Labute approximate surface area is 250 Å². The molecule has 226 valence electrons. The Morgan fingerprint density at radius 3 is 2.35 bits per heavy atom. The fourth-order valence-electron chi connectivity index (χ4n) is 4.77. The van der Waals surface area contributed by atoms with Gasteiger partial charge in [0.25, 0.3) is 5.91 Å². The first kappa shape index (κ1) is 30.1. The number of alkyl halides is 3. The summed E-state index contributed by atoms with van der Waals surface area (Å²) in [5.41, 5.74) is 0.996. The lowest BCUT2D eigenvalue weighted by Crippen LogP contribution is -2.26. The molecule has 8 nitrogen and oxygen atoms in total. The van der Waals surface area contributed by atoms with E-state index < -0.39 is 24.1 Å². The van der Waals surface area contributed by atoms with Gasteiger partial charge in [0.2, 0.25) is 0 Å². The van der Waals surface area contributed by atoms with Gasteiger partial charge in [-0.25, -0.2) is 0 Å². The molecule has 1 heterocycles. The number of anilines is 1. The summed E-state index contributed by atoms with van der Waals surface area (Å²) >= 11 is 6.10. The Morgan fingerprint density at radius 2 is 1.70 bits per heavy atom. The van der Waals surface area contributed by atoms with Gasteiger partial charge in [0.1, 0.15) is 23.3 Å². The maximum absolute atomic E-state index is 14.0. The van der Waals surface area contributed by atoms with Crippen LogP contribution >= 0.6 is 11.6 Å². The summed E-state index contributed by atoms with van der Waals surface area (Å²) in [6, 6.07) is 16.2. The Bertz CT molecular complexity index is 1630. The fourth-order valence-corrected chi connectivity index (χ4v) is 4.89. The highest BCUT2D eigenvalue weighted by molar-refractivity contribution is 6.30. The first-order valence-corrected chi connectivity index (χ1v) is 13.7. The molecule has 3 aromatic carbocycles. The van der Waals surface area contributed by atoms with Crippen LogP contribution in [0.4, 0.5) is 18.9 Å². The molecular formula is C31H28ClF3N2O6. The van der Waals surface area contributed by atoms with Crippen molar-refractivity contribution in [2.24, 2.45) is 5.41 Å². The van der Waals surface area contributed by atoms with Crippen LogP contribution in [0.3, 0.4) is 0 Å². The smallest absolute Gasteiger partial charge is 0.497 e. The predicted octanol–water partition coefficient (Wildman–Crippen LogP) is 7.42. The van der Waals surface area contributed by atoms with Crippen molar-refractivity contribution in [2.75, 3.05) is 26.1 Å². The highest BCUT2D eigenvalue weighted by Gasteiger charge is 2.45. The largest absolute Gasteiger partial charge is 0.573 e. The lowest BCUT2D eigenvalue weighted by atomic mass is 10.0. The third-order valence-electron chi connectivity index (χ3n) is 7.26. The first-order valence-electron chi connectivity index (χ1n) is 13.3. The molecule has 1 N–H and O–H groups in total. The van der Waals surface area contributed by atoms with Crippen molar-refractivity contribution in [2.45, 2.75) is 31.7 Å². The third-order valence-corrected chi connectivity index (χ3v) is 7.51. The van der Waals surface area contributed by atoms with E-state index in [0.717, 1.165) is 12.8 Å². The number of esters is 1. The Morgan fingerprint density at radius 1 is 0.977 bits per heavy atom. The number of hydrogen-bond donors (Lipinski definition) is 1. The molecule has 1 unspecified atom stereocenters. The molecule has 1 fully saturated rings. The lowest BCUT2D eigenvalue weighted by molar-refractivity contribution is -0.274. The fraction of sp³-hybridized carbons (Fsp3) is 0.290. The molecule has 0 spiro atoms. The molecule has 1 atom stereocenters. The van der Waals surface area contributed by atoms with E-state index in [1.54, 1.807) is 48.5 Å². The number of carbonyl (C=O) groups is 2. The highest BCUT2D eigenvalue weighted by Crippen LogP contribution is 2.49. The Hall–Kier alpha value is -4.38. The third kappa shape index (κ3) is 7.34. The molecule has 0 aliphatic heterocycles. The van der Waals surface area contributed by atoms with Crippen molar-refractivity contribution < 1.29 is 41.7 Å². The van der Waals surface area contributed by atoms with Crippen LogP contribution in [0.15, 0.2) is 72.9 Å². The maximum Gasteiger partial charge on any atom is 0.573 e. The number of rotatable bonds is 11. The summed E-state index contributed by atoms with van der Waals surface area (Å²) in [6.07, 6.45) is -1.46. The summed E-state index contributed by atoms with van der Waals surface area (Å²) in [6.45, 7) is 0.298. The van der Waals surface area contributed by atoms with Crippen LogP contribution < -0.4 is 19.5 Å². The monoisotopic (exact) mass is 616 g/mol. The van der Waals surface area contributed by atoms with Gasteiger partial charge < -0.3 is 24.3 Å². The highest BCUT2D eigenvalue weighted by atomic mass is 35.5. The number of nitrogens with one attached hydrogen (secondary N) is 1. The molecule has 0 amide bonds. The van der Waals surface area contributed by atoms with Gasteiger partial charge in [0.15, 0.2) is 0 Å². The molecule has 5 rings (SSSR count). The van der Waals surface area contributed by atoms with Crippen LogP contribution in [0.25, 0.3) is 10.9 Å². The van der Waals surface area contributed by atoms with Gasteiger partial charge in [-0.2, -0.15) is 0 Å². The minimum Gasteiger partial charge on any atom is -0.497 e. The molecule has 43 heavy (non-hydrogen) atoms. The van der Waals surface area contributed by atoms with Crippen molar-refractivity contribution in [1.82, 2.24) is 4.57 Å². The van der Waals surface area contributed by atoms with E-state index in [1.165, 1.54) is 43.2 Å². The van der Waals surface area contributed by atoms with Crippen molar-refractivity contribution in [1.29, 1.82) is 0 Å². The van der Waals surface area contributed by atoms with E-state index in [2.05, 4.69) is 10.1 Å². The second-order valence-corrected chi connectivity index (χ2v) is 10.8. The predicted molar refractivity (Wildman–Crippen MR) is 154 cm³/mol. The number of nitrogens with zero attached hydrogens (tertiary/aromatic N) is 1. The zero-order chi connectivity index (χ0) is 30.8. The summed E-state index contributed by atoms with van der Waals surface area (Å²) in [4.78, 5) is 25.9. The second kappa shape index (κ2) is 12.1. The Balaban J connectivity index is 1.45. The molecule has 0 radical (unpaired) electrons. The van der Waals surface area contributed by atoms with E-state index in [4.69, 9.17) is 25.8 Å². The molecule has 0 bridgehead atoms. The number of fused-ring (bicyclic) bond motifs is 1. The van der Waals surface area contributed by atoms with Gasteiger partial charge >= 0.3 is 12.3 Å². The molecule has 1 aliphatic carbocycles. The SMILES string of the molecule is COC(=O)CC1(COc2cc(NC(C(=O)n3ccc4ccc(OC(F)(F)F)cc43)c3ccc(Cl)cc3)cc(OC)c2)CC1. The molecule has 1 saturated carbocycles. The number of methoxy groups -OCH3 is 2. The van der Waals surface area contributed by atoms with E-state index in [0.29, 0.717) is 39.8 Å². The van der Waals surface area contributed by atoms with Crippen molar-refractivity contribution >= 4 is 40.1 Å². The van der Waals surface area contributed by atoms with E-state index in [9.17, 15) is 22.8 Å². The van der Waals surface area contributed by atoms with Crippen LogP contribution in [0, 0.1) is 5.41 Å². The zero-order valence-electron chi connectivity index (χ0n) is 23.2. The summed E-state index contributed by atoms with van der Waals surface area (Å²) in [5, 5.41) is 4.25. The summed E-state index contributed by atoms with van der Waals surface area (Å²) in [7, 11) is 2.85.